The minimum absolute atomic E-state index is 0.0845. The van der Waals surface area contributed by atoms with E-state index in [0.29, 0.717) is 6.42 Å². The first-order valence-electron chi connectivity index (χ1n) is 11.6. The molecule has 0 saturated carbocycles. The Bertz CT molecular complexity index is 612. The molecule has 0 bridgehead atoms. The van der Waals surface area contributed by atoms with Crippen molar-refractivity contribution in [3.63, 3.8) is 0 Å². The number of methoxy groups -OCH3 is 1. The maximum Gasteiger partial charge on any atom is 0.397 e. The maximum absolute atomic E-state index is 12.3. The molecule has 1 heterocycles. The van der Waals surface area contributed by atoms with Gasteiger partial charge in [0, 0.05) is 13.5 Å². The van der Waals surface area contributed by atoms with Gasteiger partial charge in [0.05, 0.1) is 6.61 Å². The van der Waals surface area contributed by atoms with Crippen molar-refractivity contribution in [1.82, 2.24) is 0 Å². The lowest BCUT2D eigenvalue weighted by molar-refractivity contribution is -0.293. The lowest BCUT2D eigenvalue weighted by Gasteiger charge is -2.41. The summed E-state index contributed by atoms with van der Waals surface area (Å²) in [6, 6.07) is 0. The van der Waals surface area contributed by atoms with Crippen LogP contribution in [0.25, 0.3) is 0 Å². The number of aliphatic hydroxyl groups excluding tert-OH is 2. The summed E-state index contributed by atoms with van der Waals surface area (Å²) in [5.41, 5.74) is 0. The fraction of sp³-hybridized carbons (Fsp3) is 0.952. The fourth-order valence-corrected chi connectivity index (χ4v) is 4.29. The number of ether oxygens (including phenoxy) is 3. The van der Waals surface area contributed by atoms with E-state index in [1.165, 1.54) is 52.1 Å². The standard InChI is InChI=1S/C21H40O10S/c1-3-4-5-6-7-8-9-10-11-12-13-14-17(23)30-20-18(24)21(28-2)29-16(15-22)19(20)31-32(25,26)27/h16,18-22,24H,3-15H2,1-2H3,(H,25,26,27)/t16-,18-,19-,20-,21+/m1/s1. The van der Waals surface area contributed by atoms with Gasteiger partial charge < -0.3 is 24.4 Å². The number of carbonyl (C=O) groups is 1. The molecule has 1 rings (SSSR count). The summed E-state index contributed by atoms with van der Waals surface area (Å²) >= 11 is 0. The normalized spacial score (nSPS) is 26.2. The van der Waals surface area contributed by atoms with Crippen molar-refractivity contribution in [3.05, 3.63) is 0 Å². The highest BCUT2D eigenvalue weighted by Gasteiger charge is 2.50. The monoisotopic (exact) mass is 484 g/mol. The third-order valence-corrected chi connectivity index (χ3v) is 5.98. The van der Waals surface area contributed by atoms with Crippen LogP contribution in [-0.2, 0) is 33.6 Å². The molecule has 1 aliphatic rings. The average Bonchev–Trinajstić information content (AvgIpc) is 2.74. The van der Waals surface area contributed by atoms with Gasteiger partial charge in [0.1, 0.15) is 18.3 Å². The number of hydrogen-bond acceptors (Lipinski definition) is 9. The summed E-state index contributed by atoms with van der Waals surface area (Å²) in [5, 5.41) is 19.8. The highest BCUT2D eigenvalue weighted by molar-refractivity contribution is 7.80. The molecule has 32 heavy (non-hydrogen) atoms. The second-order valence-corrected chi connectivity index (χ2v) is 9.23. The number of hydrogen-bond donors (Lipinski definition) is 3. The fourth-order valence-electron chi connectivity index (χ4n) is 3.77. The zero-order valence-corrected chi connectivity index (χ0v) is 20.0. The van der Waals surface area contributed by atoms with Crippen LogP contribution in [0.2, 0.25) is 0 Å². The molecule has 5 atom stereocenters. The summed E-state index contributed by atoms with van der Waals surface area (Å²) in [4.78, 5) is 12.3. The van der Waals surface area contributed by atoms with E-state index >= 15 is 0 Å². The summed E-state index contributed by atoms with van der Waals surface area (Å²) in [7, 11) is -3.72. The molecule has 1 aliphatic heterocycles. The third-order valence-electron chi connectivity index (χ3n) is 5.51. The quantitative estimate of drug-likeness (QED) is 0.160. The third kappa shape index (κ3) is 11.4. The van der Waals surface area contributed by atoms with Crippen LogP contribution in [0, 0.1) is 0 Å². The van der Waals surface area contributed by atoms with Crippen LogP contribution in [0.5, 0.6) is 0 Å². The second kappa shape index (κ2) is 15.9. The summed E-state index contributed by atoms with van der Waals surface area (Å²) < 4.78 is 51.3. The summed E-state index contributed by atoms with van der Waals surface area (Å²) in [6.45, 7) is 1.49. The number of esters is 1. The van der Waals surface area contributed by atoms with Gasteiger partial charge >= 0.3 is 16.4 Å². The van der Waals surface area contributed by atoms with Gasteiger partial charge in [0.15, 0.2) is 12.4 Å². The molecule has 0 unspecified atom stereocenters. The van der Waals surface area contributed by atoms with Crippen LogP contribution in [0.15, 0.2) is 0 Å². The van der Waals surface area contributed by atoms with Crippen molar-refractivity contribution in [3.8, 4) is 0 Å². The first-order chi connectivity index (χ1) is 15.2. The molecule has 3 N–H and O–H groups in total. The highest BCUT2D eigenvalue weighted by Crippen LogP contribution is 2.28. The van der Waals surface area contributed by atoms with Crippen LogP contribution < -0.4 is 0 Å². The Morgan fingerprint density at radius 2 is 1.47 bits per heavy atom. The molecule has 1 saturated heterocycles. The number of rotatable bonds is 17. The van der Waals surface area contributed by atoms with E-state index in [1.807, 2.05) is 0 Å². The minimum Gasteiger partial charge on any atom is -0.456 e. The Hall–Kier alpha value is -0.820. The average molecular weight is 485 g/mol. The van der Waals surface area contributed by atoms with Gasteiger partial charge in [-0.1, -0.05) is 71.1 Å². The van der Waals surface area contributed by atoms with Gasteiger partial charge in [0.2, 0.25) is 0 Å². The van der Waals surface area contributed by atoms with Crippen LogP contribution in [-0.4, -0.2) is 73.6 Å². The van der Waals surface area contributed by atoms with Gasteiger partial charge in [-0.25, -0.2) is 4.18 Å². The van der Waals surface area contributed by atoms with Crippen LogP contribution >= 0.6 is 0 Å². The Labute approximate surface area is 191 Å². The predicted octanol–water partition coefficient (Wildman–Crippen LogP) is 2.51. The van der Waals surface area contributed by atoms with Gasteiger partial charge in [-0.2, -0.15) is 8.42 Å². The first-order valence-corrected chi connectivity index (χ1v) is 12.9. The Morgan fingerprint density at radius 1 is 0.938 bits per heavy atom. The largest absolute Gasteiger partial charge is 0.456 e. The van der Waals surface area contributed by atoms with Crippen molar-refractivity contribution in [2.24, 2.45) is 0 Å². The van der Waals surface area contributed by atoms with Gasteiger partial charge in [-0.3, -0.25) is 9.35 Å². The zero-order chi connectivity index (χ0) is 24.0. The Morgan fingerprint density at radius 3 is 1.94 bits per heavy atom. The molecule has 0 spiro atoms. The predicted molar refractivity (Wildman–Crippen MR) is 116 cm³/mol. The molecule has 0 radical (unpaired) electrons. The summed E-state index contributed by atoms with van der Waals surface area (Å²) in [6.07, 6.45) is 5.20. The van der Waals surface area contributed by atoms with E-state index in [0.717, 1.165) is 19.3 Å². The number of carbonyl (C=O) groups excluding carboxylic acids is 1. The van der Waals surface area contributed by atoms with Crippen molar-refractivity contribution in [1.29, 1.82) is 0 Å². The van der Waals surface area contributed by atoms with Crippen molar-refractivity contribution in [2.45, 2.75) is 115 Å². The Kier molecular flexibility index (Phi) is 14.5. The smallest absolute Gasteiger partial charge is 0.397 e. The van der Waals surface area contributed by atoms with E-state index in [9.17, 15) is 23.4 Å². The Balaban J connectivity index is 2.41. The molecule has 11 heteroatoms. The van der Waals surface area contributed by atoms with Crippen LogP contribution in [0.3, 0.4) is 0 Å². The van der Waals surface area contributed by atoms with Gasteiger partial charge in [-0.15, -0.1) is 0 Å². The minimum atomic E-state index is -4.96. The molecule has 0 amide bonds. The molecule has 10 nitrogen and oxygen atoms in total. The summed E-state index contributed by atoms with van der Waals surface area (Å²) in [5.74, 6) is -0.651. The molecule has 1 fully saturated rings. The molecule has 0 aromatic carbocycles. The lowest BCUT2D eigenvalue weighted by atomic mass is 9.99. The van der Waals surface area contributed by atoms with Crippen LogP contribution in [0.4, 0.5) is 0 Å². The molecule has 0 aromatic rings. The molecule has 190 valence electrons. The van der Waals surface area contributed by atoms with Crippen molar-refractivity contribution >= 4 is 16.4 Å². The molecular weight excluding hydrogens is 444 g/mol. The highest BCUT2D eigenvalue weighted by atomic mass is 32.3. The first kappa shape index (κ1) is 29.2. The van der Waals surface area contributed by atoms with E-state index in [2.05, 4.69) is 11.1 Å². The van der Waals surface area contributed by atoms with E-state index in [-0.39, 0.29) is 6.42 Å². The SMILES string of the molecule is CCCCCCCCCCCCCC(=O)O[C@@H]1[C@@H](O)[C@@H](OC)O[C@H](CO)[C@H]1OS(=O)(=O)O. The van der Waals surface area contributed by atoms with E-state index < -0.39 is 53.7 Å². The van der Waals surface area contributed by atoms with Gasteiger partial charge in [0.25, 0.3) is 0 Å². The molecular formula is C21H40O10S. The van der Waals surface area contributed by atoms with Crippen molar-refractivity contribution in [2.75, 3.05) is 13.7 Å². The zero-order valence-electron chi connectivity index (χ0n) is 19.2. The van der Waals surface area contributed by atoms with Crippen LogP contribution in [0.1, 0.15) is 84.0 Å². The van der Waals surface area contributed by atoms with Crippen molar-refractivity contribution < 1.29 is 46.4 Å². The lowest BCUT2D eigenvalue weighted by Crippen LogP contribution is -2.61. The number of aliphatic hydroxyl groups is 2. The molecule has 0 aromatic heterocycles. The molecule has 0 aliphatic carbocycles. The maximum atomic E-state index is 12.3. The second-order valence-electron chi connectivity index (χ2n) is 8.18. The van der Waals surface area contributed by atoms with E-state index in [4.69, 9.17) is 18.8 Å². The number of unbranched alkanes of at least 4 members (excludes halogenated alkanes) is 10. The van der Waals surface area contributed by atoms with E-state index in [1.54, 1.807) is 0 Å². The van der Waals surface area contributed by atoms with Gasteiger partial charge in [-0.05, 0) is 6.42 Å². The topological polar surface area (TPSA) is 149 Å².